The van der Waals surface area contributed by atoms with Gasteiger partial charge in [-0.15, -0.1) is 5.10 Å². The molecule has 3 aromatic rings. The van der Waals surface area contributed by atoms with Gasteiger partial charge in [0.15, 0.2) is 11.5 Å². The summed E-state index contributed by atoms with van der Waals surface area (Å²) >= 11 is 1.53. The maximum atomic E-state index is 12.4. The molecule has 1 unspecified atom stereocenters. The number of allylic oxidation sites excluding steroid dienone is 1. The van der Waals surface area contributed by atoms with Crippen molar-refractivity contribution in [2.45, 2.75) is 38.6 Å². The first kappa shape index (κ1) is 22.7. The number of nitrogens with zero attached hydrogens (tertiary/aromatic N) is 3. The molecule has 0 saturated heterocycles. The molecule has 1 aliphatic rings. The van der Waals surface area contributed by atoms with Crippen molar-refractivity contribution in [1.82, 2.24) is 14.8 Å². The molecule has 8 nitrogen and oxygen atoms in total. The van der Waals surface area contributed by atoms with Gasteiger partial charge in [0.2, 0.25) is 17.0 Å². The van der Waals surface area contributed by atoms with Gasteiger partial charge in [-0.2, -0.15) is 4.98 Å². The van der Waals surface area contributed by atoms with Crippen LogP contribution in [0.1, 0.15) is 36.6 Å². The normalized spacial score (nSPS) is 15.1. The van der Waals surface area contributed by atoms with Crippen LogP contribution in [0.25, 0.3) is 0 Å². The molecule has 0 fully saturated rings. The Hall–Kier alpha value is -3.46. The molecule has 0 spiro atoms. The lowest BCUT2D eigenvalue weighted by Crippen LogP contribution is -2.31. The van der Waals surface area contributed by atoms with Crippen molar-refractivity contribution >= 4 is 23.6 Å². The summed E-state index contributed by atoms with van der Waals surface area (Å²) < 4.78 is 13.4. The van der Waals surface area contributed by atoms with Gasteiger partial charge in [0.1, 0.15) is 12.6 Å². The maximum Gasteiger partial charge on any atom is 0.248 e. The van der Waals surface area contributed by atoms with E-state index in [4.69, 9.17) is 15.2 Å². The number of primary amides is 1. The van der Waals surface area contributed by atoms with Crippen molar-refractivity contribution in [3.63, 3.8) is 0 Å². The molecule has 172 valence electrons. The highest BCUT2D eigenvalue weighted by Crippen LogP contribution is 2.39. The zero-order valence-electron chi connectivity index (χ0n) is 19.1. The van der Waals surface area contributed by atoms with E-state index in [1.54, 1.807) is 11.8 Å². The van der Waals surface area contributed by atoms with Crippen LogP contribution in [0.5, 0.6) is 11.5 Å². The van der Waals surface area contributed by atoms with E-state index < -0.39 is 11.9 Å². The van der Waals surface area contributed by atoms with Crippen LogP contribution in [-0.4, -0.2) is 33.5 Å². The second kappa shape index (κ2) is 9.58. The lowest BCUT2D eigenvalue weighted by molar-refractivity contribution is -0.115. The van der Waals surface area contributed by atoms with Gasteiger partial charge in [0.25, 0.3) is 0 Å². The van der Waals surface area contributed by atoms with Crippen LogP contribution in [0.2, 0.25) is 0 Å². The average Bonchev–Trinajstić information content (AvgIpc) is 3.18. The standard InChI is InChI=1S/C24H27N5O3S/c1-5-33-24-27-23-26-15(3)20(22(25)30)21(29(23)28-24)17-9-10-18(19(12-17)31-4)32-13-16-8-6-7-14(2)11-16/h6-12,21H,5,13H2,1-4H3,(H2,25,30)(H,26,27,28). The highest BCUT2D eigenvalue weighted by molar-refractivity contribution is 7.99. The minimum Gasteiger partial charge on any atom is -0.493 e. The highest BCUT2D eigenvalue weighted by Gasteiger charge is 2.33. The molecule has 1 amide bonds. The fraction of sp³-hybridized carbons (Fsp3) is 0.292. The topological polar surface area (TPSA) is 104 Å². The van der Waals surface area contributed by atoms with Crippen molar-refractivity contribution in [3.05, 3.63) is 70.4 Å². The number of ether oxygens (including phenoxy) is 2. The number of methoxy groups -OCH3 is 1. The van der Waals surface area contributed by atoms with Crippen LogP contribution < -0.4 is 20.5 Å². The van der Waals surface area contributed by atoms with Crippen LogP contribution in [0.4, 0.5) is 5.95 Å². The van der Waals surface area contributed by atoms with Crippen LogP contribution in [0, 0.1) is 6.92 Å². The Morgan fingerprint density at radius 1 is 1.21 bits per heavy atom. The molecule has 2 aromatic carbocycles. The predicted octanol–water partition coefficient (Wildman–Crippen LogP) is 4.06. The summed E-state index contributed by atoms with van der Waals surface area (Å²) in [6.45, 7) is 6.32. The third kappa shape index (κ3) is 4.68. The number of nitrogens with one attached hydrogen (secondary N) is 1. The molecule has 33 heavy (non-hydrogen) atoms. The third-order valence-corrected chi connectivity index (χ3v) is 6.07. The molecule has 0 aliphatic carbocycles. The number of aryl methyl sites for hydroxylation is 1. The van der Waals surface area contributed by atoms with E-state index in [1.807, 2.05) is 57.2 Å². The van der Waals surface area contributed by atoms with Crippen LogP contribution in [-0.2, 0) is 11.4 Å². The smallest absolute Gasteiger partial charge is 0.248 e. The third-order valence-electron chi connectivity index (χ3n) is 5.35. The number of carbonyl (C=O) groups excluding carboxylic acids is 1. The van der Waals surface area contributed by atoms with Crippen molar-refractivity contribution in [2.75, 3.05) is 18.2 Å². The van der Waals surface area contributed by atoms with Gasteiger partial charge in [0, 0.05) is 5.70 Å². The van der Waals surface area contributed by atoms with Gasteiger partial charge in [0.05, 0.1) is 12.7 Å². The summed E-state index contributed by atoms with van der Waals surface area (Å²) in [6.07, 6.45) is 0. The van der Waals surface area contributed by atoms with Crippen molar-refractivity contribution in [2.24, 2.45) is 5.73 Å². The first-order valence-electron chi connectivity index (χ1n) is 10.6. The van der Waals surface area contributed by atoms with Crippen LogP contribution >= 0.6 is 11.8 Å². The Bertz CT molecular complexity index is 1220. The zero-order valence-corrected chi connectivity index (χ0v) is 19.9. The largest absolute Gasteiger partial charge is 0.493 e. The van der Waals surface area contributed by atoms with E-state index in [2.05, 4.69) is 21.5 Å². The van der Waals surface area contributed by atoms with E-state index in [1.165, 1.54) is 17.3 Å². The second-order valence-corrected chi connectivity index (χ2v) is 8.95. The number of carbonyl (C=O) groups is 1. The van der Waals surface area contributed by atoms with Gasteiger partial charge in [-0.1, -0.05) is 54.6 Å². The van der Waals surface area contributed by atoms with Crippen molar-refractivity contribution in [1.29, 1.82) is 0 Å². The molecule has 4 rings (SSSR count). The molecule has 0 saturated carbocycles. The van der Waals surface area contributed by atoms with E-state index in [0.717, 1.165) is 16.9 Å². The number of fused-ring (bicyclic) bond motifs is 1. The summed E-state index contributed by atoms with van der Waals surface area (Å²) in [6, 6.07) is 13.2. The van der Waals surface area contributed by atoms with Gasteiger partial charge in [-0.05, 0) is 42.9 Å². The number of hydrogen-bond donors (Lipinski definition) is 2. The van der Waals surface area contributed by atoms with Crippen molar-refractivity contribution < 1.29 is 14.3 Å². The van der Waals surface area contributed by atoms with E-state index in [9.17, 15) is 4.79 Å². The Morgan fingerprint density at radius 2 is 2.03 bits per heavy atom. The number of anilines is 1. The maximum absolute atomic E-state index is 12.4. The molecular formula is C24H27N5O3S. The summed E-state index contributed by atoms with van der Waals surface area (Å²) in [5, 5.41) is 8.40. The lowest BCUT2D eigenvalue weighted by atomic mass is 9.95. The van der Waals surface area contributed by atoms with Gasteiger partial charge in [-0.25, -0.2) is 4.68 Å². The SMILES string of the molecule is CCSc1nc2n(n1)C(c1ccc(OCc3cccc(C)c3)c(OC)c1)C(C(N)=O)=C(C)N2. The highest BCUT2D eigenvalue weighted by atomic mass is 32.2. The van der Waals surface area contributed by atoms with E-state index >= 15 is 0 Å². The number of benzene rings is 2. The van der Waals surface area contributed by atoms with Gasteiger partial charge < -0.3 is 20.5 Å². The minimum absolute atomic E-state index is 0.418. The first-order valence-corrected chi connectivity index (χ1v) is 11.6. The molecule has 0 bridgehead atoms. The summed E-state index contributed by atoms with van der Waals surface area (Å²) in [7, 11) is 1.59. The monoisotopic (exact) mass is 465 g/mol. The van der Waals surface area contributed by atoms with Crippen molar-refractivity contribution in [3.8, 4) is 11.5 Å². The van der Waals surface area contributed by atoms with Gasteiger partial charge >= 0.3 is 0 Å². The Morgan fingerprint density at radius 3 is 2.73 bits per heavy atom. The van der Waals surface area contributed by atoms with E-state index in [0.29, 0.717) is 40.5 Å². The quantitative estimate of drug-likeness (QED) is 0.484. The molecule has 1 aromatic heterocycles. The Balaban J connectivity index is 1.70. The number of nitrogens with two attached hydrogens (primary N) is 1. The fourth-order valence-corrected chi connectivity index (χ4v) is 4.44. The van der Waals surface area contributed by atoms with Gasteiger partial charge in [-0.3, -0.25) is 4.79 Å². The first-order chi connectivity index (χ1) is 15.9. The summed E-state index contributed by atoms with van der Waals surface area (Å²) in [5.41, 5.74) is 9.89. The number of aromatic nitrogens is 3. The van der Waals surface area contributed by atoms with E-state index in [-0.39, 0.29) is 0 Å². The average molecular weight is 466 g/mol. The number of amides is 1. The fourth-order valence-electron chi connectivity index (χ4n) is 3.89. The lowest BCUT2D eigenvalue weighted by Gasteiger charge is -2.28. The minimum atomic E-state index is -0.530. The van der Waals surface area contributed by atoms with Crippen LogP contribution in [0.3, 0.4) is 0 Å². The molecule has 1 atom stereocenters. The molecular weight excluding hydrogens is 438 g/mol. The molecule has 2 heterocycles. The second-order valence-electron chi connectivity index (χ2n) is 7.71. The predicted molar refractivity (Wildman–Crippen MR) is 129 cm³/mol. The molecule has 1 aliphatic heterocycles. The number of rotatable bonds is 8. The number of thioether (sulfide) groups is 1. The van der Waals surface area contributed by atoms with Crippen LogP contribution in [0.15, 0.2) is 58.9 Å². The zero-order chi connectivity index (χ0) is 23.5. The molecule has 9 heteroatoms. The Labute approximate surface area is 197 Å². The number of hydrogen-bond acceptors (Lipinski definition) is 7. The summed E-state index contributed by atoms with van der Waals surface area (Å²) in [4.78, 5) is 17.0. The summed E-state index contributed by atoms with van der Waals surface area (Å²) in [5.74, 6) is 2.06. The Kier molecular flexibility index (Phi) is 6.60. The molecule has 0 radical (unpaired) electrons. The molecule has 3 N–H and O–H groups in total.